The lowest BCUT2D eigenvalue weighted by Gasteiger charge is -2.52. The van der Waals surface area contributed by atoms with Crippen LogP contribution in [0.25, 0.3) is 0 Å². The molecule has 12 atom stereocenters. The van der Waals surface area contributed by atoms with Gasteiger partial charge >= 0.3 is 0 Å². The zero-order valence-corrected chi connectivity index (χ0v) is 48.6. The molecule has 6 rings (SSSR count). The van der Waals surface area contributed by atoms with E-state index in [1.165, 1.54) is 116 Å². The smallest absolute Gasteiger partial charge is 0.0598 e. The molecule has 6 aliphatic rings. The second-order valence-corrected chi connectivity index (χ2v) is 35.1. The first-order chi connectivity index (χ1) is 30.9. The highest BCUT2D eigenvalue weighted by Crippen LogP contribution is 2.71. The van der Waals surface area contributed by atoms with Gasteiger partial charge < -0.3 is 9.47 Å². The van der Waals surface area contributed by atoms with Crippen molar-refractivity contribution in [2.24, 2.45) is 93.7 Å². The minimum Gasteiger partial charge on any atom is -0.376 e. The predicted molar refractivity (Wildman–Crippen MR) is 291 cm³/mol. The molecule has 6 aliphatic carbocycles. The molecule has 0 heterocycles. The standard InChI is InChI=1S/C63H118O2Si/c1-44(2)55-43-56-51(46-32-36-48(37-33-46)60(4,5)6)28-25-30-53(56)59(55)66(16,42-24-20-19-23-41-65-63(13,14)15)58-45(3)50(27-21-17-18-22-40-64-62(10,11)12)57-52(29-26-31-54(57)58)47-34-38-49(39-35-47)61(7,8)9/h44-59H,17-43H2,1-16H3. The zero-order chi connectivity index (χ0) is 48.2. The highest BCUT2D eigenvalue weighted by atomic mass is 28.3. The van der Waals surface area contributed by atoms with Crippen molar-refractivity contribution in [2.75, 3.05) is 13.2 Å². The number of unbranched alkanes of at least 4 members (excludes halogenated alkanes) is 6. The fourth-order valence-corrected chi connectivity index (χ4v) is 26.4. The van der Waals surface area contributed by atoms with Crippen molar-refractivity contribution in [1.29, 1.82) is 0 Å². The molecular weight excluding hydrogens is 817 g/mol. The van der Waals surface area contributed by atoms with E-state index < -0.39 is 8.07 Å². The van der Waals surface area contributed by atoms with Crippen molar-refractivity contribution in [2.45, 2.75) is 293 Å². The number of ether oxygens (including phenoxy) is 2. The molecule has 0 N–H and O–H groups in total. The topological polar surface area (TPSA) is 18.5 Å². The summed E-state index contributed by atoms with van der Waals surface area (Å²) in [7, 11) is -1.79. The molecule has 0 aliphatic heterocycles. The first kappa shape index (κ1) is 55.5. The third kappa shape index (κ3) is 14.0. The molecule has 3 heteroatoms. The van der Waals surface area contributed by atoms with Gasteiger partial charge in [-0.05, 0) is 236 Å². The average Bonchev–Trinajstić information content (AvgIpc) is 3.78. The van der Waals surface area contributed by atoms with Gasteiger partial charge in [0, 0.05) is 13.2 Å². The quantitative estimate of drug-likeness (QED) is 0.0949. The minimum atomic E-state index is -1.79. The van der Waals surface area contributed by atoms with Crippen LogP contribution in [0.5, 0.6) is 0 Å². The Hall–Kier alpha value is 0.137. The maximum absolute atomic E-state index is 6.26. The lowest BCUT2D eigenvalue weighted by Crippen LogP contribution is -2.50. The Morgan fingerprint density at radius 2 is 0.939 bits per heavy atom. The monoisotopic (exact) mass is 935 g/mol. The lowest BCUT2D eigenvalue weighted by molar-refractivity contribution is -0.00514. The van der Waals surface area contributed by atoms with Crippen molar-refractivity contribution >= 4 is 8.07 Å². The molecule has 0 radical (unpaired) electrons. The fourth-order valence-electron chi connectivity index (χ4n) is 18.5. The van der Waals surface area contributed by atoms with Crippen molar-refractivity contribution in [1.82, 2.24) is 0 Å². The summed E-state index contributed by atoms with van der Waals surface area (Å²) in [6.07, 6.45) is 35.6. The molecule has 0 amide bonds. The van der Waals surface area contributed by atoms with Gasteiger partial charge in [-0.2, -0.15) is 0 Å². The summed E-state index contributed by atoms with van der Waals surface area (Å²) >= 11 is 0. The average molecular weight is 936 g/mol. The van der Waals surface area contributed by atoms with E-state index in [0.717, 1.165) is 107 Å². The molecule has 0 aromatic heterocycles. The van der Waals surface area contributed by atoms with Crippen LogP contribution >= 0.6 is 0 Å². The second kappa shape index (κ2) is 23.3. The largest absolute Gasteiger partial charge is 0.376 e. The normalized spacial score (nSPS) is 38.0. The number of fused-ring (bicyclic) bond motifs is 2. The summed E-state index contributed by atoms with van der Waals surface area (Å²) in [5.41, 5.74) is 3.01. The van der Waals surface area contributed by atoms with Crippen LogP contribution in [0.3, 0.4) is 0 Å². The molecule has 0 bridgehead atoms. The summed E-state index contributed by atoms with van der Waals surface area (Å²) in [5, 5.41) is 0. The number of hydrogen-bond donors (Lipinski definition) is 0. The Morgan fingerprint density at radius 1 is 0.485 bits per heavy atom. The summed E-state index contributed by atoms with van der Waals surface area (Å²) in [5.74, 6) is 13.7. The van der Waals surface area contributed by atoms with Gasteiger partial charge in [0.1, 0.15) is 0 Å². The molecule has 6 fully saturated rings. The number of hydrogen-bond acceptors (Lipinski definition) is 2. The highest BCUT2D eigenvalue weighted by molar-refractivity contribution is 6.81. The molecule has 0 aromatic carbocycles. The van der Waals surface area contributed by atoms with Gasteiger partial charge in [0.2, 0.25) is 0 Å². The molecule has 0 saturated heterocycles. The Kier molecular flexibility index (Phi) is 19.6. The Bertz CT molecular complexity index is 1410. The first-order valence-electron chi connectivity index (χ1n) is 30.2. The molecule has 6 saturated carbocycles. The minimum absolute atomic E-state index is 0.0133. The van der Waals surface area contributed by atoms with Gasteiger partial charge in [0.25, 0.3) is 0 Å². The summed E-state index contributed by atoms with van der Waals surface area (Å²) in [6.45, 7) is 42.0. The maximum Gasteiger partial charge on any atom is 0.0598 e. The van der Waals surface area contributed by atoms with Gasteiger partial charge in [-0.3, -0.25) is 0 Å². The third-order valence-electron chi connectivity index (χ3n) is 21.6. The molecule has 0 aromatic rings. The second-order valence-electron chi connectivity index (χ2n) is 30.2. The fraction of sp³-hybridized carbons (Fsp3) is 1.00. The summed E-state index contributed by atoms with van der Waals surface area (Å²) < 4.78 is 12.5. The Labute approximate surface area is 415 Å². The van der Waals surface area contributed by atoms with E-state index in [0.29, 0.717) is 10.8 Å². The summed E-state index contributed by atoms with van der Waals surface area (Å²) in [6, 6.07) is 1.63. The van der Waals surface area contributed by atoms with E-state index in [1.807, 2.05) is 0 Å². The summed E-state index contributed by atoms with van der Waals surface area (Å²) in [4.78, 5) is 0. The highest BCUT2D eigenvalue weighted by Gasteiger charge is 2.64. The Balaban J connectivity index is 1.30. The van der Waals surface area contributed by atoms with Crippen LogP contribution in [0.4, 0.5) is 0 Å². The first-order valence-corrected chi connectivity index (χ1v) is 33.0. The van der Waals surface area contributed by atoms with Crippen molar-refractivity contribution < 1.29 is 9.47 Å². The van der Waals surface area contributed by atoms with Gasteiger partial charge in [-0.1, -0.05) is 139 Å². The van der Waals surface area contributed by atoms with Crippen LogP contribution in [-0.2, 0) is 9.47 Å². The molecule has 0 spiro atoms. The van der Waals surface area contributed by atoms with E-state index in [9.17, 15) is 0 Å². The third-order valence-corrected chi connectivity index (χ3v) is 27.9. The van der Waals surface area contributed by atoms with Gasteiger partial charge in [0.05, 0.1) is 19.3 Å². The van der Waals surface area contributed by atoms with Crippen LogP contribution in [0, 0.1) is 93.7 Å². The van der Waals surface area contributed by atoms with Crippen LogP contribution in [-0.4, -0.2) is 32.5 Å². The van der Waals surface area contributed by atoms with Crippen LogP contribution in [0.15, 0.2) is 0 Å². The molecule has 66 heavy (non-hydrogen) atoms. The predicted octanol–water partition coefficient (Wildman–Crippen LogP) is 19.7. The van der Waals surface area contributed by atoms with E-state index in [1.54, 1.807) is 44.6 Å². The van der Waals surface area contributed by atoms with E-state index in [2.05, 4.69) is 110 Å². The van der Waals surface area contributed by atoms with Crippen molar-refractivity contribution in [3.8, 4) is 0 Å². The Morgan fingerprint density at radius 3 is 1.44 bits per heavy atom. The molecular formula is C63H118O2Si. The maximum atomic E-state index is 6.26. The lowest BCUT2D eigenvalue weighted by atomic mass is 9.60. The van der Waals surface area contributed by atoms with Crippen molar-refractivity contribution in [3.05, 3.63) is 0 Å². The van der Waals surface area contributed by atoms with Crippen LogP contribution in [0.2, 0.25) is 23.7 Å². The molecule has 386 valence electrons. The number of rotatable bonds is 19. The SMILES string of the molecule is CC(C)C1CC2C(C3CCC(C(C)(C)C)CC3)CCCC2C1[Si](C)(CCCCCCOC(C)(C)C)C1C(C)C(CCCCCCOC(C)(C)C)C2C(C3CCC(C(C)(C)C)CC3)CCCC21. The van der Waals surface area contributed by atoms with Crippen LogP contribution < -0.4 is 0 Å². The van der Waals surface area contributed by atoms with Gasteiger partial charge in [0.15, 0.2) is 0 Å². The van der Waals surface area contributed by atoms with Gasteiger partial charge in [-0.25, -0.2) is 0 Å². The van der Waals surface area contributed by atoms with E-state index in [-0.39, 0.29) is 11.2 Å². The zero-order valence-electron chi connectivity index (χ0n) is 47.6. The van der Waals surface area contributed by atoms with Crippen LogP contribution in [0.1, 0.15) is 258 Å². The molecule has 2 nitrogen and oxygen atoms in total. The molecule has 12 unspecified atom stereocenters. The van der Waals surface area contributed by atoms with E-state index in [4.69, 9.17) is 9.47 Å². The van der Waals surface area contributed by atoms with E-state index >= 15 is 0 Å². The van der Waals surface area contributed by atoms with Gasteiger partial charge in [-0.15, -0.1) is 0 Å². The van der Waals surface area contributed by atoms with Crippen molar-refractivity contribution in [3.63, 3.8) is 0 Å².